The van der Waals surface area contributed by atoms with Gasteiger partial charge in [0.05, 0.1) is 37.0 Å². The molecule has 0 unspecified atom stereocenters. The Morgan fingerprint density at radius 1 is 0.570 bits per heavy atom. The van der Waals surface area contributed by atoms with Crippen LogP contribution in [0.15, 0.2) is 135 Å². The molecule has 0 bridgehead atoms. The van der Waals surface area contributed by atoms with Crippen LogP contribution in [0.2, 0.25) is 0 Å². The standard InChI is InChI=1S/2C13H11NO2.C10H14N5O7P.C10H13N5O4.H3O4P/c2*15-13(12-7-4-8-14-9-12)16-10-11-5-2-1-3-6-11;11-8-5-9(13-2-12-8)15(3-14-5)10-7(17)6(16)4(22-10)1-21-23(18,19)20;11-8-5-9(13-2-12-8)15(3-14-5)10-7(18)6(17)4(1-16)19-10;1-5(2,3)4/h2*1-9H,10H2;2-4,6-7,10,16-17H,1H2,(H2,11,12,13)(H2,18,19,20);2-4,6-7,10,16-18H,1H2,(H2,11,12,13);(H3,1,2,3,4)/t;;2*4-,6-,7-,10-;/m..11./s1. The van der Waals surface area contributed by atoms with Crippen molar-refractivity contribution in [3.05, 3.63) is 157 Å². The number of rotatable bonds is 12. The Morgan fingerprint density at radius 3 is 1.34 bits per heavy atom. The summed E-state index contributed by atoms with van der Waals surface area (Å²) in [4.78, 5) is 93.5. The number of nitrogen functional groups attached to an aromatic ring is 2. The summed E-state index contributed by atoms with van der Waals surface area (Å²) in [7, 11) is -9.36. The van der Waals surface area contributed by atoms with Crippen molar-refractivity contribution >= 4 is 61.5 Å². The zero-order chi connectivity index (χ0) is 57.3. The van der Waals surface area contributed by atoms with Crippen molar-refractivity contribution in [2.45, 2.75) is 62.3 Å². The molecule has 79 heavy (non-hydrogen) atoms. The predicted molar refractivity (Wildman–Crippen MR) is 270 cm³/mol. The van der Waals surface area contributed by atoms with Gasteiger partial charge in [-0.05, 0) is 35.4 Å². The van der Waals surface area contributed by atoms with Crippen LogP contribution in [0.25, 0.3) is 22.3 Å². The third-order valence-electron chi connectivity index (χ3n) is 10.8. The first-order valence-corrected chi connectivity index (χ1v) is 25.9. The molecule has 0 aliphatic carbocycles. The minimum absolute atomic E-state index is 0.142. The number of aliphatic hydroxyl groups is 5. The first kappa shape index (κ1) is 60.5. The Kier molecular flexibility index (Phi) is 21.7. The SMILES string of the molecule is Nc1ncnc2c1ncn2[C@@H]1O[C@H](CO)[C@@H](O)[C@H]1O.Nc1ncnc2c1ncn2[C@@H]1O[C@H](COP(=O)(O)O)[C@@H](O)[C@H]1O.O=C(OCc1ccccc1)c1cccnc1.O=C(OCc1ccccc1)c1cccnc1.O=P(O)(O)O. The van der Waals surface area contributed by atoms with Crippen molar-refractivity contribution in [3.63, 3.8) is 0 Å². The number of ether oxygens (including phenoxy) is 4. The van der Waals surface area contributed by atoms with E-state index >= 15 is 0 Å². The lowest BCUT2D eigenvalue weighted by molar-refractivity contribution is -0.0511. The van der Waals surface area contributed by atoms with E-state index in [1.807, 2.05) is 60.7 Å². The molecular weight excluding hydrogens is 1090 g/mol. The molecule has 2 saturated heterocycles. The van der Waals surface area contributed by atoms with Gasteiger partial charge in [0.25, 0.3) is 0 Å². The number of fused-ring (bicyclic) bond motifs is 2. The number of phosphoric acid groups is 2. The third-order valence-corrected chi connectivity index (χ3v) is 11.3. The van der Waals surface area contributed by atoms with Gasteiger partial charge in [-0.3, -0.25) is 23.6 Å². The number of hydrogen-bond donors (Lipinski definition) is 12. The first-order valence-electron chi connectivity index (χ1n) is 22.8. The van der Waals surface area contributed by atoms with Gasteiger partial charge in [0.2, 0.25) is 0 Å². The highest BCUT2D eigenvalue weighted by molar-refractivity contribution is 7.46. The number of hydrogen-bond acceptors (Lipinski definition) is 24. The number of aliphatic hydroxyl groups excluding tert-OH is 5. The van der Waals surface area contributed by atoms with Crippen LogP contribution in [-0.2, 0) is 45.8 Å². The summed E-state index contributed by atoms with van der Waals surface area (Å²) in [6, 6.07) is 25.9. The fourth-order valence-corrected chi connectivity index (χ4v) is 7.41. The number of pyridine rings is 2. The van der Waals surface area contributed by atoms with Gasteiger partial charge in [0.15, 0.2) is 35.4 Å². The van der Waals surface area contributed by atoms with Crippen LogP contribution in [0.5, 0.6) is 0 Å². The second-order valence-electron chi connectivity index (χ2n) is 16.3. The number of carbonyl (C=O) groups is 2. The van der Waals surface area contributed by atoms with Crippen LogP contribution in [0, 0.1) is 0 Å². The van der Waals surface area contributed by atoms with E-state index in [9.17, 15) is 34.6 Å². The van der Waals surface area contributed by atoms with Crippen LogP contribution >= 0.6 is 15.6 Å². The third kappa shape index (κ3) is 17.7. The Balaban J connectivity index is 0.000000167. The number of nitrogens with two attached hydrogens (primary N) is 2. The molecule has 6 aromatic heterocycles. The van der Waals surface area contributed by atoms with Crippen molar-refractivity contribution in [3.8, 4) is 0 Å². The minimum atomic E-state index is -4.72. The van der Waals surface area contributed by atoms with E-state index in [1.165, 1.54) is 46.8 Å². The number of phosphoric ester groups is 1. The van der Waals surface area contributed by atoms with Crippen LogP contribution in [0.3, 0.4) is 0 Å². The number of anilines is 2. The summed E-state index contributed by atoms with van der Waals surface area (Å²) < 4.78 is 47.8. The normalized spacial score (nSPS) is 20.5. The van der Waals surface area contributed by atoms with Gasteiger partial charge in [-0.2, -0.15) is 0 Å². The van der Waals surface area contributed by atoms with Gasteiger partial charge >= 0.3 is 27.6 Å². The molecule has 0 spiro atoms. The molecule has 2 fully saturated rings. The quantitative estimate of drug-likeness (QED) is 0.0570. The van der Waals surface area contributed by atoms with Gasteiger partial charge in [-0.15, -0.1) is 0 Å². The minimum Gasteiger partial charge on any atom is -0.457 e. The Morgan fingerprint density at radius 2 is 0.975 bits per heavy atom. The molecule has 420 valence electrons. The summed E-state index contributed by atoms with van der Waals surface area (Å²) in [6.45, 7) is -0.412. The summed E-state index contributed by atoms with van der Waals surface area (Å²) >= 11 is 0. The lowest BCUT2D eigenvalue weighted by atomic mass is 10.1. The number of esters is 2. The van der Waals surface area contributed by atoms with Crippen molar-refractivity contribution in [1.82, 2.24) is 49.0 Å². The van der Waals surface area contributed by atoms with Gasteiger partial charge in [-0.25, -0.2) is 48.6 Å². The molecule has 0 radical (unpaired) electrons. The highest BCUT2D eigenvalue weighted by atomic mass is 31.2. The summed E-state index contributed by atoms with van der Waals surface area (Å²) in [6.07, 6.45) is 2.31. The average molecular weight is 1140 g/mol. The summed E-state index contributed by atoms with van der Waals surface area (Å²) in [5.41, 5.74) is 15.6. The van der Waals surface area contributed by atoms with Gasteiger partial charge in [-0.1, -0.05) is 60.7 Å². The highest BCUT2D eigenvalue weighted by Crippen LogP contribution is 2.39. The molecule has 2 aliphatic heterocycles. The Bertz CT molecular complexity index is 3190. The van der Waals surface area contributed by atoms with Crippen LogP contribution < -0.4 is 11.5 Å². The second kappa shape index (κ2) is 28.3. The molecule has 10 rings (SSSR count). The van der Waals surface area contributed by atoms with Crippen molar-refractivity contribution in [1.29, 1.82) is 0 Å². The van der Waals surface area contributed by atoms with E-state index in [2.05, 4.69) is 44.4 Å². The number of aromatic nitrogens is 10. The van der Waals surface area contributed by atoms with Crippen molar-refractivity contribution < 1.29 is 92.2 Å². The number of imidazole rings is 2. The second-order valence-corrected chi connectivity index (χ2v) is 18.6. The van der Waals surface area contributed by atoms with Crippen molar-refractivity contribution in [2.75, 3.05) is 24.7 Å². The molecule has 2 aliphatic rings. The lowest BCUT2D eigenvalue weighted by Gasteiger charge is -2.16. The maximum atomic E-state index is 11.6. The van der Waals surface area contributed by atoms with Crippen molar-refractivity contribution in [2.24, 2.45) is 0 Å². The Hall–Kier alpha value is -7.68. The zero-order valence-corrected chi connectivity index (χ0v) is 42.6. The van der Waals surface area contributed by atoms with Gasteiger partial charge < -0.3 is 80.4 Å². The van der Waals surface area contributed by atoms with Gasteiger partial charge in [0, 0.05) is 24.8 Å². The predicted octanol–water partition coefficient (Wildman–Crippen LogP) is 0.106. The molecule has 8 heterocycles. The first-order chi connectivity index (χ1) is 37.6. The monoisotopic (exact) mass is 1140 g/mol. The number of benzene rings is 2. The number of nitrogens with zero attached hydrogens (tertiary/aromatic N) is 10. The summed E-state index contributed by atoms with van der Waals surface area (Å²) in [5.74, 6) is -0.340. The molecule has 0 saturated carbocycles. The Labute approximate surface area is 445 Å². The fraction of sp³-hybridized carbons (Fsp3) is 0.261. The average Bonchev–Trinajstić information content (AvgIpc) is 4.41. The summed E-state index contributed by atoms with van der Waals surface area (Å²) in [5, 5.41) is 48.8. The van der Waals surface area contributed by atoms with E-state index in [0.29, 0.717) is 27.8 Å². The fourth-order valence-electron chi connectivity index (χ4n) is 7.07. The van der Waals surface area contributed by atoms with E-state index in [4.69, 9.17) is 64.6 Å². The highest BCUT2D eigenvalue weighted by Gasteiger charge is 2.46. The molecular formula is C46H52N12O19P2. The van der Waals surface area contributed by atoms with Crippen LogP contribution in [-0.4, -0.2) is 161 Å². The van der Waals surface area contributed by atoms with Gasteiger partial charge in [0.1, 0.15) is 73.5 Å². The topological polar surface area (TPSA) is 482 Å². The molecule has 33 heteroatoms. The zero-order valence-electron chi connectivity index (χ0n) is 40.8. The number of carbonyl (C=O) groups excluding carboxylic acids is 2. The lowest BCUT2D eigenvalue weighted by Crippen LogP contribution is -2.33. The largest absolute Gasteiger partial charge is 0.469 e. The van der Waals surface area contributed by atoms with E-state index in [-0.39, 0.29) is 42.4 Å². The smallest absolute Gasteiger partial charge is 0.457 e. The maximum Gasteiger partial charge on any atom is 0.469 e. The maximum absolute atomic E-state index is 11.6. The molecule has 8 atom stereocenters. The molecule has 14 N–H and O–H groups in total. The molecule has 31 nitrogen and oxygen atoms in total. The van der Waals surface area contributed by atoms with E-state index in [1.54, 1.807) is 36.7 Å². The molecule has 0 amide bonds. The molecule has 2 aromatic carbocycles. The molecule has 8 aromatic rings. The van der Waals surface area contributed by atoms with E-state index in [0.717, 1.165) is 11.1 Å². The van der Waals surface area contributed by atoms with Crippen LogP contribution in [0.1, 0.15) is 44.3 Å². The van der Waals surface area contributed by atoms with E-state index < -0.39 is 77.9 Å². The van der Waals surface area contributed by atoms with Crippen LogP contribution in [0.4, 0.5) is 11.6 Å².